The van der Waals surface area contributed by atoms with Crippen molar-refractivity contribution < 1.29 is 24.2 Å². The molecule has 6 heteroatoms. The number of hydrogen-bond acceptors (Lipinski definition) is 4. The summed E-state index contributed by atoms with van der Waals surface area (Å²) in [7, 11) is 0. The van der Waals surface area contributed by atoms with Gasteiger partial charge in [0.2, 0.25) is 12.7 Å². The number of amides is 1. The minimum atomic E-state index is -1.09. The van der Waals surface area contributed by atoms with E-state index >= 15 is 0 Å². The van der Waals surface area contributed by atoms with E-state index < -0.39 is 17.4 Å². The second kappa shape index (κ2) is 5.12. The molecule has 0 radical (unpaired) electrons. The van der Waals surface area contributed by atoms with E-state index in [2.05, 4.69) is 5.32 Å². The first kappa shape index (κ1) is 13.5. The molecule has 1 aliphatic heterocycles. The molecule has 2 aliphatic rings. The van der Waals surface area contributed by atoms with Crippen molar-refractivity contribution in [3.63, 3.8) is 0 Å². The molecule has 1 aromatic rings. The van der Waals surface area contributed by atoms with Crippen LogP contribution in [-0.2, 0) is 9.59 Å². The highest BCUT2D eigenvalue weighted by atomic mass is 16.7. The van der Waals surface area contributed by atoms with Crippen LogP contribution in [0.3, 0.4) is 0 Å². The maximum Gasteiger partial charge on any atom is 0.329 e. The fourth-order valence-corrected chi connectivity index (χ4v) is 2.39. The number of hydrogen-bond donors (Lipinski definition) is 2. The highest BCUT2D eigenvalue weighted by molar-refractivity contribution is 5.96. The summed E-state index contributed by atoms with van der Waals surface area (Å²) < 4.78 is 10.5. The normalized spacial score (nSPS) is 18.3. The molecule has 1 fully saturated rings. The van der Waals surface area contributed by atoms with E-state index in [9.17, 15) is 9.59 Å². The van der Waals surface area contributed by atoms with Crippen molar-refractivity contribution in [2.24, 2.45) is 0 Å². The van der Waals surface area contributed by atoms with Crippen LogP contribution in [0.5, 0.6) is 11.5 Å². The van der Waals surface area contributed by atoms with E-state index in [0.29, 0.717) is 24.3 Å². The van der Waals surface area contributed by atoms with Crippen molar-refractivity contribution in [3.8, 4) is 11.5 Å². The highest BCUT2D eigenvalue weighted by Crippen LogP contribution is 2.33. The van der Waals surface area contributed by atoms with E-state index in [4.69, 9.17) is 14.6 Å². The van der Waals surface area contributed by atoms with Gasteiger partial charge in [-0.05, 0) is 43.0 Å². The van der Waals surface area contributed by atoms with E-state index in [-0.39, 0.29) is 6.79 Å². The molecule has 1 aliphatic carbocycles. The van der Waals surface area contributed by atoms with E-state index in [1.165, 1.54) is 6.08 Å². The van der Waals surface area contributed by atoms with Crippen LogP contribution in [-0.4, -0.2) is 29.3 Å². The van der Waals surface area contributed by atoms with Crippen molar-refractivity contribution in [1.82, 2.24) is 5.32 Å². The number of carbonyl (C=O) groups excluding carboxylic acids is 1. The van der Waals surface area contributed by atoms with Gasteiger partial charge in [-0.3, -0.25) is 4.79 Å². The summed E-state index contributed by atoms with van der Waals surface area (Å²) in [5.41, 5.74) is -0.302. The van der Waals surface area contributed by atoms with Crippen molar-refractivity contribution in [2.75, 3.05) is 6.79 Å². The van der Waals surface area contributed by atoms with Gasteiger partial charge < -0.3 is 19.9 Å². The summed E-state index contributed by atoms with van der Waals surface area (Å²) in [6, 6.07) is 5.33. The lowest BCUT2D eigenvalue weighted by molar-refractivity contribution is -0.151. The summed E-state index contributed by atoms with van der Waals surface area (Å²) >= 11 is 0. The number of nitrogens with one attached hydrogen (secondary N) is 1. The van der Waals surface area contributed by atoms with Crippen LogP contribution in [0.4, 0.5) is 0 Å². The quantitative estimate of drug-likeness (QED) is 0.821. The van der Waals surface area contributed by atoms with Crippen LogP contribution in [0, 0.1) is 0 Å². The maximum absolute atomic E-state index is 11.8. The molecule has 1 aromatic carbocycles. The van der Waals surface area contributed by atoms with Crippen molar-refractivity contribution in [3.05, 3.63) is 29.8 Å². The zero-order valence-electron chi connectivity index (χ0n) is 11.3. The second-order valence-electron chi connectivity index (χ2n) is 5.18. The third-order valence-electron chi connectivity index (χ3n) is 3.80. The first-order valence-electron chi connectivity index (χ1n) is 6.72. The monoisotopic (exact) mass is 289 g/mol. The number of carbonyl (C=O) groups is 2. The molecule has 3 rings (SSSR count). The zero-order valence-corrected chi connectivity index (χ0v) is 11.3. The Balaban J connectivity index is 1.66. The predicted octanol–water partition coefficient (Wildman–Crippen LogP) is 1.55. The first-order chi connectivity index (χ1) is 10.1. The molecule has 1 heterocycles. The van der Waals surface area contributed by atoms with Gasteiger partial charge in [-0.25, -0.2) is 4.79 Å². The number of carboxylic acid groups (broad SMARTS) is 1. The molecule has 0 unspecified atom stereocenters. The van der Waals surface area contributed by atoms with Crippen LogP contribution >= 0.6 is 0 Å². The Hall–Kier alpha value is -2.50. The summed E-state index contributed by atoms with van der Waals surface area (Å²) in [6.07, 6.45) is 4.72. The van der Waals surface area contributed by atoms with Gasteiger partial charge >= 0.3 is 5.97 Å². The molecule has 0 bridgehead atoms. The minimum absolute atomic E-state index is 0.199. The van der Waals surface area contributed by atoms with Crippen LogP contribution < -0.4 is 14.8 Å². The zero-order chi connectivity index (χ0) is 14.9. The molecule has 0 saturated heterocycles. The van der Waals surface area contributed by atoms with E-state index in [1.807, 2.05) is 0 Å². The Morgan fingerprint density at radius 2 is 2.00 bits per heavy atom. The van der Waals surface area contributed by atoms with Crippen LogP contribution in [0.1, 0.15) is 24.8 Å². The summed E-state index contributed by atoms with van der Waals surface area (Å²) in [4.78, 5) is 23.0. The van der Waals surface area contributed by atoms with Gasteiger partial charge in [-0.1, -0.05) is 6.07 Å². The smallest absolute Gasteiger partial charge is 0.329 e. The molecule has 6 nitrogen and oxygen atoms in total. The van der Waals surface area contributed by atoms with Crippen molar-refractivity contribution in [2.45, 2.75) is 24.8 Å². The average molecular weight is 289 g/mol. The van der Waals surface area contributed by atoms with Gasteiger partial charge in [0.15, 0.2) is 11.5 Å². The van der Waals surface area contributed by atoms with Gasteiger partial charge in [0.25, 0.3) is 0 Å². The molecular weight excluding hydrogens is 274 g/mol. The number of ether oxygens (including phenoxy) is 2. The summed E-state index contributed by atoms with van der Waals surface area (Å²) in [5.74, 6) is -0.0668. The summed E-state index contributed by atoms with van der Waals surface area (Å²) in [5, 5.41) is 11.7. The van der Waals surface area contributed by atoms with Gasteiger partial charge in [0, 0.05) is 6.08 Å². The lowest BCUT2D eigenvalue weighted by atomic mass is 9.77. The van der Waals surface area contributed by atoms with Gasteiger partial charge in [0.1, 0.15) is 5.54 Å². The molecular formula is C15H15NO5. The molecule has 0 atom stereocenters. The summed E-state index contributed by atoms with van der Waals surface area (Å²) in [6.45, 7) is 0.199. The molecule has 2 N–H and O–H groups in total. The number of aliphatic carboxylic acids is 1. The number of benzene rings is 1. The second-order valence-corrected chi connectivity index (χ2v) is 5.18. The fraction of sp³-hybridized carbons (Fsp3) is 0.333. The topological polar surface area (TPSA) is 84.9 Å². The predicted molar refractivity (Wildman–Crippen MR) is 74.0 cm³/mol. The molecule has 21 heavy (non-hydrogen) atoms. The van der Waals surface area contributed by atoms with Crippen LogP contribution in [0.25, 0.3) is 6.08 Å². The van der Waals surface area contributed by atoms with Gasteiger partial charge in [-0.2, -0.15) is 0 Å². The van der Waals surface area contributed by atoms with E-state index in [1.54, 1.807) is 24.3 Å². The van der Waals surface area contributed by atoms with E-state index in [0.717, 1.165) is 12.0 Å². The SMILES string of the molecule is O=C(/C=C/c1ccc2c(c1)OCO2)NC1(C(=O)O)CCC1. The molecule has 0 spiro atoms. The first-order valence-corrected chi connectivity index (χ1v) is 6.72. The minimum Gasteiger partial charge on any atom is -0.480 e. The van der Waals surface area contributed by atoms with Gasteiger partial charge in [0.05, 0.1) is 0 Å². The maximum atomic E-state index is 11.8. The Bertz CT molecular complexity index is 618. The Kier molecular flexibility index (Phi) is 3.29. The Labute approximate surface area is 121 Å². The lowest BCUT2D eigenvalue weighted by Crippen LogP contribution is -2.58. The molecule has 110 valence electrons. The van der Waals surface area contributed by atoms with Crippen molar-refractivity contribution in [1.29, 1.82) is 0 Å². The van der Waals surface area contributed by atoms with Gasteiger partial charge in [-0.15, -0.1) is 0 Å². The Morgan fingerprint density at radius 3 is 2.67 bits per heavy atom. The van der Waals surface area contributed by atoms with Crippen LogP contribution in [0.2, 0.25) is 0 Å². The van der Waals surface area contributed by atoms with Crippen molar-refractivity contribution >= 4 is 18.0 Å². The fourth-order valence-electron chi connectivity index (χ4n) is 2.39. The molecule has 1 amide bonds. The largest absolute Gasteiger partial charge is 0.480 e. The third-order valence-corrected chi connectivity index (χ3v) is 3.80. The number of fused-ring (bicyclic) bond motifs is 1. The third kappa shape index (κ3) is 2.56. The molecule has 0 aromatic heterocycles. The number of carboxylic acids is 1. The average Bonchev–Trinajstić information content (AvgIpc) is 2.87. The standard InChI is InChI=1S/C15H15NO5/c17-13(16-15(14(18)19)6-1-7-15)5-3-10-2-4-11-12(8-10)21-9-20-11/h2-5,8H,1,6-7,9H2,(H,16,17)(H,18,19)/b5-3+. The number of rotatable bonds is 4. The Morgan fingerprint density at radius 1 is 1.24 bits per heavy atom. The molecule has 1 saturated carbocycles. The highest BCUT2D eigenvalue weighted by Gasteiger charge is 2.45. The lowest BCUT2D eigenvalue weighted by Gasteiger charge is -2.37. The van der Waals surface area contributed by atoms with Crippen LogP contribution in [0.15, 0.2) is 24.3 Å².